The predicted octanol–water partition coefficient (Wildman–Crippen LogP) is 9.04. The normalized spacial score (nSPS) is 13.8. The van der Waals surface area contributed by atoms with Crippen molar-refractivity contribution in [2.24, 2.45) is 0 Å². The lowest BCUT2D eigenvalue weighted by atomic mass is 9.94. The van der Waals surface area contributed by atoms with Crippen LogP contribution in [0.1, 0.15) is 16.8 Å². The van der Waals surface area contributed by atoms with Crippen LogP contribution < -0.4 is 19.5 Å². The number of fused-ring (bicyclic) bond motifs is 1. The second-order valence-electron chi connectivity index (χ2n) is 15.1. The monoisotopic (exact) mass is 856 g/mol. The van der Waals surface area contributed by atoms with Crippen molar-refractivity contribution in [1.29, 1.82) is 0 Å². The van der Waals surface area contributed by atoms with E-state index >= 15 is 0 Å². The summed E-state index contributed by atoms with van der Waals surface area (Å²) in [5.74, 6) is 1.16. The molecule has 8 rings (SSSR count). The number of likely N-dealkylation sites (N-methyl/N-ethyl adjacent to an activating group) is 1. The number of rotatable bonds is 16. The van der Waals surface area contributed by atoms with Gasteiger partial charge in [-0.05, 0) is 91.3 Å². The van der Waals surface area contributed by atoms with Crippen molar-refractivity contribution in [2.75, 3.05) is 58.8 Å². The highest BCUT2D eigenvalue weighted by Crippen LogP contribution is 2.47. The van der Waals surface area contributed by atoms with E-state index in [-0.39, 0.29) is 18.7 Å². The molecule has 2 N–H and O–H groups in total. The number of hydrogen-bond donors (Lipinski definition) is 2. The van der Waals surface area contributed by atoms with Crippen LogP contribution in [0.15, 0.2) is 114 Å². The van der Waals surface area contributed by atoms with E-state index in [9.17, 15) is 14.3 Å². The molecule has 0 saturated carbocycles. The first-order valence-electron chi connectivity index (χ1n) is 20.3. The summed E-state index contributed by atoms with van der Waals surface area (Å²) in [5.41, 5.74) is 5.46. The number of carbonyl (C=O) groups is 1. The van der Waals surface area contributed by atoms with Crippen LogP contribution in [-0.4, -0.2) is 95.4 Å². The van der Waals surface area contributed by atoms with E-state index in [0.717, 1.165) is 49.4 Å². The van der Waals surface area contributed by atoms with Gasteiger partial charge in [-0.2, -0.15) is 0 Å². The van der Waals surface area contributed by atoms with E-state index in [1.807, 2.05) is 61.5 Å². The summed E-state index contributed by atoms with van der Waals surface area (Å²) in [6.07, 6.45) is 3.29. The number of piperazine rings is 1. The first-order chi connectivity index (χ1) is 30.2. The van der Waals surface area contributed by atoms with Crippen LogP contribution >= 0.6 is 11.6 Å². The standard InChI is InChI=1S/C48H46ClFN6O6/c1-30-35(16-17-41(44(30)49)60-27-26-56-24-22-55(2)23-25-56)42-43-37(19-21-52-47(43)62-45(42)31-12-14-33(50)15-13-31)54-38(48(57)58)28-32-8-4-6-10-39(32)61-29-34-18-20-51-46(53-34)36-9-5-7-11-40(36)59-3/h4-21,38H,22-29H2,1-3H3,(H,52,54)(H,57,58). The number of methoxy groups -OCH3 is 1. The van der Waals surface area contributed by atoms with E-state index in [1.54, 1.807) is 49.8 Å². The Balaban J connectivity index is 1.08. The molecule has 1 saturated heterocycles. The molecule has 0 radical (unpaired) electrons. The minimum absolute atomic E-state index is 0.0641. The quantitative estimate of drug-likeness (QED) is 0.0960. The molecular weight excluding hydrogens is 811 g/mol. The predicted molar refractivity (Wildman–Crippen MR) is 238 cm³/mol. The van der Waals surface area contributed by atoms with Crippen molar-refractivity contribution in [1.82, 2.24) is 24.8 Å². The Bertz CT molecular complexity index is 2690. The maximum atomic E-state index is 14.2. The highest BCUT2D eigenvalue weighted by molar-refractivity contribution is 6.33. The van der Waals surface area contributed by atoms with Gasteiger partial charge in [-0.25, -0.2) is 24.1 Å². The van der Waals surface area contributed by atoms with E-state index in [2.05, 4.69) is 32.1 Å². The van der Waals surface area contributed by atoms with Gasteiger partial charge in [-0.1, -0.05) is 48.0 Å². The number of aromatic nitrogens is 3. The van der Waals surface area contributed by atoms with Crippen molar-refractivity contribution >= 4 is 34.4 Å². The molecule has 7 aromatic rings. The summed E-state index contributed by atoms with van der Waals surface area (Å²) >= 11 is 7.05. The van der Waals surface area contributed by atoms with Crippen molar-refractivity contribution in [2.45, 2.75) is 26.0 Å². The Morgan fingerprint density at radius 2 is 1.63 bits per heavy atom. The van der Waals surface area contributed by atoms with Crippen LogP contribution in [-0.2, 0) is 17.8 Å². The van der Waals surface area contributed by atoms with Crippen LogP contribution in [0.2, 0.25) is 5.02 Å². The first kappa shape index (κ1) is 42.2. The number of furan rings is 1. The van der Waals surface area contributed by atoms with Crippen LogP contribution in [0.3, 0.4) is 0 Å². The third kappa shape index (κ3) is 9.35. The van der Waals surface area contributed by atoms with Gasteiger partial charge in [0.2, 0.25) is 5.71 Å². The van der Waals surface area contributed by atoms with Gasteiger partial charge in [-0.3, -0.25) is 4.90 Å². The van der Waals surface area contributed by atoms with E-state index in [1.165, 1.54) is 12.1 Å². The number of nitrogens with zero attached hydrogens (tertiary/aromatic N) is 5. The SMILES string of the molecule is COc1ccccc1-c1nccc(COc2ccccc2CC(Nc2ccnc3oc(-c4ccc(F)cc4)c(-c4ccc(OCCN5CCN(C)CC5)c(Cl)c4C)c23)C(=O)O)n1. The summed E-state index contributed by atoms with van der Waals surface area (Å²) < 4.78 is 38.6. The second kappa shape index (κ2) is 19.0. The molecule has 1 unspecified atom stereocenters. The number of halogens is 2. The van der Waals surface area contributed by atoms with Crippen LogP contribution in [0.4, 0.5) is 10.1 Å². The Kier molecular flexibility index (Phi) is 12.9. The van der Waals surface area contributed by atoms with Crippen molar-refractivity contribution in [3.05, 3.63) is 137 Å². The number of para-hydroxylation sites is 2. The molecule has 1 fully saturated rings. The Morgan fingerprint density at radius 3 is 2.40 bits per heavy atom. The maximum absolute atomic E-state index is 14.2. The number of anilines is 1. The first-order valence-corrected chi connectivity index (χ1v) is 20.7. The fraction of sp³-hybridized carbons (Fsp3) is 0.250. The third-order valence-electron chi connectivity index (χ3n) is 11.0. The summed E-state index contributed by atoms with van der Waals surface area (Å²) in [7, 11) is 3.73. The minimum Gasteiger partial charge on any atom is -0.496 e. The molecule has 0 amide bonds. The molecular formula is C48H46ClFN6O6. The van der Waals surface area contributed by atoms with Gasteiger partial charge in [-0.15, -0.1) is 0 Å². The Hall–Kier alpha value is -6.54. The van der Waals surface area contributed by atoms with E-state index < -0.39 is 17.8 Å². The molecule has 12 nitrogen and oxygen atoms in total. The van der Waals surface area contributed by atoms with E-state index in [0.29, 0.717) is 73.9 Å². The Labute approximate surface area is 363 Å². The van der Waals surface area contributed by atoms with Crippen molar-refractivity contribution in [3.8, 4) is 51.1 Å². The van der Waals surface area contributed by atoms with Crippen molar-refractivity contribution < 1.29 is 32.9 Å². The number of hydrogen-bond acceptors (Lipinski definition) is 11. The number of aliphatic carboxylic acids is 1. The number of ether oxygens (including phenoxy) is 3. The van der Waals surface area contributed by atoms with Crippen LogP contribution in [0.25, 0.3) is 44.9 Å². The van der Waals surface area contributed by atoms with Gasteiger partial charge in [0.15, 0.2) is 5.82 Å². The molecule has 0 aliphatic carbocycles. The van der Waals surface area contributed by atoms with Crippen LogP contribution in [0, 0.1) is 12.7 Å². The second-order valence-corrected chi connectivity index (χ2v) is 15.5. The van der Waals surface area contributed by atoms with Gasteiger partial charge in [0.1, 0.15) is 48.1 Å². The fourth-order valence-electron chi connectivity index (χ4n) is 7.61. The van der Waals surface area contributed by atoms with Gasteiger partial charge >= 0.3 is 5.97 Å². The zero-order valence-electron chi connectivity index (χ0n) is 34.6. The summed E-state index contributed by atoms with van der Waals surface area (Å²) in [6.45, 7) is 7.27. The average Bonchev–Trinajstić information content (AvgIpc) is 3.68. The molecule has 14 heteroatoms. The lowest BCUT2D eigenvalue weighted by Gasteiger charge is -2.32. The molecule has 0 spiro atoms. The van der Waals surface area contributed by atoms with Gasteiger partial charge < -0.3 is 34.0 Å². The topological polar surface area (TPSA) is 135 Å². The highest BCUT2D eigenvalue weighted by Gasteiger charge is 2.27. The molecule has 4 heterocycles. The zero-order chi connectivity index (χ0) is 43.2. The average molecular weight is 857 g/mol. The number of carboxylic acids is 1. The largest absolute Gasteiger partial charge is 0.496 e. The molecule has 3 aromatic heterocycles. The van der Waals surface area contributed by atoms with Gasteiger partial charge in [0, 0.05) is 68.4 Å². The summed E-state index contributed by atoms with van der Waals surface area (Å²) in [4.78, 5) is 31.5. The third-order valence-corrected chi connectivity index (χ3v) is 11.5. The smallest absolute Gasteiger partial charge is 0.326 e. The molecule has 1 aliphatic heterocycles. The lowest BCUT2D eigenvalue weighted by Crippen LogP contribution is -2.45. The molecule has 62 heavy (non-hydrogen) atoms. The lowest BCUT2D eigenvalue weighted by molar-refractivity contribution is -0.137. The maximum Gasteiger partial charge on any atom is 0.326 e. The summed E-state index contributed by atoms with van der Waals surface area (Å²) in [6, 6.07) is 26.9. The molecule has 4 aromatic carbocycles. The molecule has 0 bridgehead atoms. The van der Waals surface area contributed by atoms with Crippen LogP contribution in [0.5, 0.6) is 17.2 Å². The molecule has 1 atom stereocenters. The summed E-state index contributed by atoms with van der Waals surface area (Å²) in [5, 5.41) is 14.9. The number of nitrogens with one attached hydrogen (secondary N) is 1. The van der Waals surface area contributed by atoms with Crippen molar-refractivity contribution in [3.63, 3.8) is 0 Å². The zero-order valence-corrected chi connectivity index (χ0v) is 35.4. The number of carboxylic acid groups (broad SMARTS) is 1. The number of pyridine rings is 1. The molecule has 1 aliphatic rings. The Morgan fingerprint density at radius 1 is 0.887 bits per heavy atom. The molecule has 318 valence electrons. The highest BCUT2D eigenvalue weighted by atomic mass is 35.5. The van der Waals surface area contributed by atoms with E-state index in [4.69, 9.17) is 35.2 Å². The minimum atomic E-state index is -1.11. The number of benzene rings is 4. The van der Waals surface area contributed by atoms with Gasteiger partial charge in [0.05, 0.1) is 28.8 Å². The fourth-order valence-corrected chi connectivity index (χ4v) is 7.83. The van der Waals surface area contributed by atoms with Gasteiger partial charge in [0.25, 0.3) is 0 Å².